The Labute approximate surface area is 103 Å². The van der Waals surface area contributed by atoms with Crippen molar-refractivity contribution in [2.24, 2.45) is 5.73 Å². The van der Waals surface area contributed by atoms with Crippen LogP contribution in [0.15, 0.2) is 0 Å². The Kier molecular flexibility index (Phi) is 8.11. The second-order valence-electron chi connectivity index (χ2n) is 3.75. The van der Waals surface area contributed by atoms with E-state index in [4.69, 9.17) is 22.7 Å². The number of likely N-dealkylation sites (N-methyl/N-ethyl adjacent to an activating group) is 1. The zero-order valence-electron chi connectivity index (χ0n) is 10.4. The van der Waals surface area contributed by atoms with Crippen molar-refractivity contribution in [2.45, 2.75) is 39.2 Å². The summed E-state index contributed by atoms with van der Waals surface area (Å²) in [4.78, 5) is 14.1. The zero-order valence-corrected chi connectivity index (χ0v) is 11.2. The lowest BCUT2D eigenvalue weighted by atomic mass is 10.1. The van der Waals surface area contributed by atoms with E-state index >= 15 is 0 Å². The standard InChI is InChI=1S/C11H22N2O2S/c1-4-6-9(11(14)15-5-2)13(3)8-7-10(12)16/h9H,4-8H2,1-3H3,(H2,12,16). The number of rotatable bonds is 8. The van der Waals surface area contributed by atoms with Gasteiger partial charge < -0.3 is 10.5 Å². The summed E-state index contributed by atoms with van der Waals surface area (Å²) >= 11 is 4.82. The number of esters is 1. The summed E-state index contributed by atoms with van der Waals surface area (Å²) < 4.78 is 5.04. The van der Waals surface area contributed by atoms with Gasteiger partial charge in [0, 0.05) is 13.0 Å². The molecule has 0 saturated heterocycles. The molecule has 0 saturated carbocycles. The van der Waals surface area contributed by atoms with Gasteiger partial charge in [0.1, 0.15) is 6.04 Å². The highest BCUT2D eigenvalue weighted by Crippen LogP contribution is 2.08. The van der Waals surface area contributed by atoms with Gasteiger partial charge >= 0.3 is 5.97 Å². The Morgan fingerprint density at radius 2 is 2.12 bits per heavy atom. The minimum Gasteiger partial charge on any atom is -0.465 e. The lowest BCUT2D eigenvalue weighted by Gasteiger charge is -2.25. The molecule has 2 N–H and O–H groups in total. The van der Waals surface area contributed by atoms with Crippen LogP contribution in [0.25, 0.3) is 0 Å². The van der Waals surface area contributed by atoms with Gasteiger partial charge in [0.25, 0.3) is 0 Å². The van der Waals surface area contributed by atoms with Gasteiger partial charge in [-0.3, -0.25) is 9.69 Å². The molecule has 4 nitrogen and oxygen atoms in total. The van der Waals surface area contributed by atoms with E-state index in [0.29, 0.717) is 24.6 Å². The first-order valence-corrected chi connectivity index (χ1v) is 6.08. The zero-order chi connectivity index (χ0) is 12.6. The molecule has 0 aromatic heterocycles. The fourth-order valence-corrected chi connectivity index (χ4v) is 1.56. The van der Waals surface area contributed by atoms with Gasteiger partial charge in [0.2, 0.25) is 0 Å². The number of hydrogen-bond donors (Lipinski definition) is 1. The van der Waals surface area contributed by atoms with Crippen molar-refractivity contribution in [3.63, 3.8) is 0 Å². The molecule has 0 aliphatic heterocycles. The number of nitrogens with zero attached hydrogens (tertiary/aromatic N) is 1. The second kappa shape index (κ2) is 8.47. The minimum atomic E-state index is -0.181. The number of hydrogen-bond acceptors (Lipinski definition) is 4. The van der Waals surface area contributed by atoms with Gasteiger partial charge in [-0.25, -0.2) is 0 Å². The molecule has 16 heavy (non-hydrogen) atoms. The molecule has 1 unspecified atom stereocenters. The van der Waals surface area contributed by atoms with Crippen LogP contribution in [-0.4, -0.2) is 42.1 Å². The summed E-state index contributed by atoms with van der Waals surface area (Å²) in [5.41, 5.74) is 5.44. The largest absolute Gasteiger partial charge is 0.465 e. The van der Waals surface area contributed by atoms with Crippen LogP contribution in [-0.2, 0) is 9.53 Å². The molecule has 0 rings (SSSR count). The van der Waals surface area contributed by atoms with E-state index in [1.807, 2.05) is 25.8 Å². The molecule has 0 aliphatic rings. The van der Waals surface area contributed by atoms with Gasteiger partial charge in [0.05, 0.1) is 11.6 Å². The summed E-state index contributed by atoms with van der Waals surface area (Å²) in [5.74, 6) is -0.158. The average Bonchev–Trinajstić information content (AvgIpc) is 2.22. The van der Waals surface area contributed by atoms with Crippen molar-refractivity contribution >= 4 is 23.2 Å². The molecular formula is C11H22N2O2S. The van der Waals surface area contributed by atoms with Gasteiger partial charge in [-0.1, -0.05) is 25.6 Å². The molecule has 1 atom stereocenters. The maximum Gasteiger partial charge on any atom is 0.323 e. The van der Waals surface area contributed by atoms with Crippen molar-refractivity contribution in [1.82, 2.24) is 4.90 Å². The third-order valence-electron chi connectivity index (χ3n) is 2.36. The van der Waals surface area contributed by atoms with E-state index in [1.54, 1.807) is 0 Å². The number of ether oxygens (including phenoxy) is 1. The first-order valence-electron chi connectivity index (χ1n) is 5.68. The fourth-order valence-electron chi connectivity index (χ4n) is 1.47. The molecule has 0 bridgehead atoms. The maximum absolute atomic E-state index is 11.7. The van der Waals surface area contributed by atoms with Gasteiger partial charge in [-0.05, 0) is 20.4 Å². The van der Waals surface area contributed by atoms with Gasteiger partial charge in [0.15, 0.2) is 0 Å². The lowest BCUT2D eigenvalue weighted by molar-refractivity contribution is -0.149. The molecular weight excluding hydrogens is 224 g/mol. The molecule has 0 fully saturated rings. The Hall–Kier alpha value is -0.680. The van der Waals surface area contributed by atoms with E-state index in [-0.39, 0.29) is 12.0 Å². The topological polar surface area (TPSA) is 55.6 Å². The molecule has 5 heteroatoms. The highest BCUT2D eigenvalue weighted by molar-refractivity contribution is 7.80. The smallest absolute Gasteiger partial charge is 0.323 e. The minimum absolute atomic E-state index is 0.158. The van der Waals surface area contributed by atoms with Crippen LogP contribution >= 0.6 is 12.2 Å². The van der Waals surface area contributed by atoms with Crippen LogP contribution in [0, 0.1) is 0 Å². The van der Waals surface area contributed by atoms with Crippen LogP contribution < -0.4 is 5.73 Å². The van der Waals surface area contributed by atoms with Crippen LogP contribution in [0.4, 0.5) is 0 Å². The van der Waals surface area contributed by atoms with E-state index in [1.165, 1.54) is 0 Å². The van der Waals surface area contributed by atoms with Crippen molar-refractivity contribution in [1.29, 1.82) is 0 Å². The SMILES string of the molecule is CCCC(C(=O)OCC)N(C)CCC(N)=S. The Morgan fingerprint density at radius 3 is 2.56 bits per heavy atom. The summed E-state index contributed by atoms with van der Waals surface area (Å²) in [6.45, 7) is 4.98. The predicted molar refractivity (Wildman–Crippen MR) is 69.4 cm³/mol. The predicted octanol–water partition coefficient (Wildman–Crippen LogP) is 1.33. The van der Waals surface area contributed by atoms with Crippen molar-refractivity contribution in [2.75, 3.05) is 20.2 Å². The molecule has 94 valence electrons. The van der Waals surface area contributed by atoms with E-state index in [9.17, 15) is 4.79 Å². The third-order valence-corrected chi connectivity index (χ3v) is 2.57. The van der Waals surface area contributed by atoms with Crippen LogP contribution in [0.1, 0.15) is 33.1 Å². The Balaban J connectivity index is 4.27. The monoisotopic (exact) mass is 246 g/mol. The average molecular weight is 246 g/mol. The number of thiocarbonyl (C=S) groups is 1. The normalized spacial score (nSPS) is 12.5. The summed E-state index contributed by atoms with van der Waals surface area (Å²) in [7, 11) is 1.90. The van der Waals surface area contributed by atoms with Gasteiger partial charge in [-0.2, -0.15) is 0 Å². The quantitative estimate of drug-likeness (QED) is 0.517. The first kappa shape index (κ1) is 15.3. The summed E-state index contributed by atoms with van der Waals surface area (Å²) in [6.07, 6.45) is 2.37. The molecule has 0 spiro atoms. The van der Waals surface area contributed by atoms with E-state index < -0.39 is 0 Å². The number of carbonyl (C=O) groups is 1. The first-order chi connectivity index (χ1) is 7.52. The highest BCUT2D eigenvalue weighted by Gasteiger charge is 2.23. The fraction of sp³-hybridized carbons (Fsp3) is 0.818. The maximum atomic E-state index is 11.7. The van der Waals surface area contributed by atoms with Crippen molar-refractivity contribution in [3.05, 3.63) is 0 Å². The van der Waals surface area contributed by atoms with Crippen molar-refractivity contribution in [3.8, 4) is 0 Å². The van der Waals surface area contributed by atoms with E-state index in [2.05, 4.69) is 0 Å². The van der Waals surface area contributed by atoms with Crippen LogP contribution in [0.2, 0.25) is 0 Å². The second-order valence-corrected chi connectivity index (χ2v) is 4.28. The summed E-state index contributed by atoms with van der Waals surface area (Å²) in [6, 6.07) is -0.181. The van der Waals surface area contributed by atoms with E-state index in [0.717, 1.165) is 12.8 Å². The van der Waals surface area contributed by atoms with Crippen LogP contribution in [0.5, 0.6) is 0 Å². The molecule has 0 aliphatic carbocycles. The van der Waals surface area contributed by atoms with Gasteiger partial charge in [-0.15, -0.1) is 0 Å². The Morgan fingerprint density at radius 1 is 1.50 bits per heavy atom. The lowest BCUT2D eigenvalue weighted by Crippen LogP contribution is -2.41. The highest BCUT2D eigenvalue weighted by atomic mass is 32.1. The number of nitrogens with two attached hydrogens (primary N) is 1. The molecule has 0 heterocycles. The van der Waals surface area contributed by atoms with Crippen LogP contribution in [0.3, 0.4) is 0 Å². The molecule has 0 radical (unpaired) electrons. The molecule has 0 aromatic carbocycles. The molecule has 0 amide bonds. The Bertz CT molecular complexity index is 234. The molecule has 0 aromatic rings. The summed E-state index contributed by atoms with van der Waals surface area (Å²) in [5, 5.41) is 0. The number of carbonyl (C=O) groups excluding carboxylic acids is 1. The van der Waals surface area contributed by atoms with Crippen molar-refractivity contribution < 1.29 is 9.53 Å². The third kappa shape index (κ3) is 6.02.